The Morgan fingerprint density at radius 1 is 1.00 bits per heavy atom. The molecule has 0 radical (unpaired) electrons. The maximum absolute atomic E-state index is 12.0. The quantitative estimate of drug-likeness (QED) is 0.674. The van der Waals surface area contributed by atoms with Gasteiger partial charge in [-0.2, -0.15) is 0 Å². The van der Waals surface area contributed by atoms with E-state index in [2.05, 4.69) is 10.6 Å². The summed E-state index contributed by atoms with van der Waals surface area (Å²) < 4.78 is 0. The second-order valence-corrected chi connectivity index (χ2v) is 5.88. The molecule has 5 heteroatoms. The Morgan fingerprint density at radius 3 is 1.71 bits per heavy atom. The van der Waals surface area contributed by atoms with Crippen molar-refractivity contribution in [3.8, 4) is 0 Å². The monoisotopic (exact) mass is 244 g/mol. The van der Waals surface area contributed by atoms with Crippen molar-refractivity contribution < 1.29 is 14.7 Å². The molecule has 5 nitrogen and oxygen atoms in total. The number of carboxylic acid groups (broad SMARTS) is 1. The number of carbonyl (C=O) groups excluding carboxylic acids is 1. The van der Waals surface area contributed by atoms with Gasteiger partial charge in [0.1, 0.15) is 0 Å². The second kappa shape index (κ2) is 4.64. The van der Waals surface area contributed by atoms with Gasteiger partial charge in [0.05, 0.1) is 16.5 Å². The van der Waals surface area contributed by atoms with Gasteiger partial charge in [-0.05, 0) is 48.6 Å². The number of carbonyl (C=O) groups is 2. The van der Waals surface area contributed by atoms with Crippen molar-refractivity contribution in [1.29, 1.82) is 0 Å². The molecule has 100 valence electrons. The molecule has 0 atom stereocenters. The van der Waals surface area contributed by atoms with E-state index < -0.39 is 22.5 Å². The van der Waals surface area contributed by atoms with Crippen molar-refractivity contribution in [2.24, 2.45) is 5.41 Å². The Balaban J connectivity index is 5.02. The smallest absolute Gasteiger partial charge is 0.311 e. The lowest BCUT2D eigenvalue weighted by atomic mass is 9.74. The molecule has 0 aromatic rings. The Morgan fingerprint density at radius 2 is 1.41 bits per heavy atom. The van der Waals surface area contributed by atoms with Crippen LogP contribution in [0.5, 0.6) is 0 Å². The van der Waals surface area contributed by atoms with Crippen molar-refractivity contribution in [1.82, 2.24) is 10.6 Å². The molecule has 0 aromatic heterocycles. The van der Waals surface area contributed by atoms with Crippen LogP contribution in [0, 0.1) is 5.41 Å². The molecule has 3 N–H and O–H groups in total. The molecule has 0 rings (SSSR count). The minimum atomic E-state index is -1.05. The van der Waals surface area contributed by atoms with Crippen LogP contribution in [0.3, 0.4) is 0 Å². The van der Waals surface area contributed by atoms with E-state index >= 15 is 0 Å². The van der Waals surface area contributed by atoms with E-state index in [1.54, 1.807) is 48.6 Å². The van der Waals surface area contributed by atoms with Crippen LogP contribution in [0.25, 0.3) is 0 Å². The first-order valence-electron chi connectivity index (χ1n) is 5.63. The van der Waals surface area contributed by atoms with Gasteiger partial charge in [0.25, 0.3) is 0 Å². The summed E-state index contributed by atoms with van der Waals surface area (Å²) in [4.78, 5) is 23.2. The molecule has 0 spiro atoms. The van der Waals surface area contributed by atoms with Crippen LogP contribution in [0.15, 0.2) is 0 Å². The second-order valence-electron chi connectivity index (χ2n) is 5.88. The topological polar surface area (TPSA) is 78.4 Å². The summed E-state index contributed by atoms with van der Waals surface area (Å²) in [5.41, 5.74) is -2.62. The Hall–Kier alpha value is -1.10. The average molecular weight is 244 g/mol. The molecule has 0 unspecified atom stereocenters. The highest BCUT2D eigenvalue weighted by molar-refractivity contribution is 5.87. The largest absolute Gasteiger partial charge is 0.481 e. The fourth-order valence-corrected chi connectivity index (χ4v) is 0.977. The van der Waals surface area contributed by atoms with E-state index in [9.17, 15) is 14.7 Å². The van der Waals surface area contributed by atoms with E-state index in [0.29, 0.717) is 0 Å². The molecule has 0 fully saturated rings. The zero-order chi connectivity index (χ0) is 14.1. The highest BCUT2D eigenvalue weighted by Gasteiger charge is 2.45. The summed E-state index contributed by atoms with van der Waals surface area (Å²) >= 11 is 0. The molecule has 0 aromatic carbocycles. The Labute approximate surface area is 103 Å². The molecule has 0 aliphatic heterocycles. The van der Waals surface area contributed by atoms with Gasteiger partial charge in [-0.25, -0.2) is 0 Å². The Bertz CT molecular complexity index is 320. The molecule has 0 heterocycles. The van der Waals surface area contributed by atoms with Crippen molar-refractivity contribution in [3.05, 3.63) is 0 Å². The SMILES string of the molecule is CNC(C)(C)C(=O)NC(C)(C)C(C)(C)C(=O)O. The summed E-state index contributed by atoms with van der Waals surface area (Å²) in [5, 5.41) is 14.9. The minimum absolute atomic E-state index is 0.223. The average Bonchev–Trinajstić information content (AvgIpc) is 2.16. The minimum Gasteiger partial charge on any atom is -0.481 e. The van der Waals surface area contributed by atoms with Crippen LogP contribution >= 0.6 is 0 Å². The number of nitrogens with one attached hydrogen (secondary N) is 2. The van der Waals surface area contributed by atoms with Crippen LogP contribution in [-0.4, -0.2) is 35.1 Å². The van der Waals surface area contributed by atoms with Gasteiger partial charge in [-0.1, -0.05) is 0 Å². The maximum Gasteiger partial charge on any atom is 0.311 e. The van der Waals surface area contributed by atoms with E-state index in [4.69, 9.17) is 0 Å². The molecule has 0 aliphatic carbocycles. The van der Waals surface area contributed by atoms with Crippen molar-refractivity contribution in [2.75, 3.05) is 7.05 Å². The van der Waals surface area contributed by atoms with Crippen LogP contribution in [0.2, 0.25) is 0 Å². The molecule has 0 bridgehead atoms. The highest BCUT2D eigenvalue weighted by Crippen LogP contribution is 2.31. The zero-order valence-electron chi connectivity index (χ0n) is 11.8. The third-order valence-electron chi connectivity index (χ3n) is 3.72. The molecule has 0 aliphatic rings. The van der Waals surface area contributed by atoms with Gasteiger partial charge >= 0.3 is 5.97 Å². The third-order valence-corrected chi connectivity index (χ3v) is 3.72. The number of carboxylic acids is 1. The van der Waals surface area contributed by atoms with Gasteiger partial charge in [0.2, 0.25) is 5.91 Å². The number of hydrogen-bond acceptors (Lipinski definition) is 3. The summed E-state index contributed by atoms with van der Waals surface area (Å²) in [6.45, 7) is 10.1. The molecule has 0 saturated carbocycles. The van der Waals surface area contributed by atoms with Gasteiger partial charge in [0.15, 0.2) is 0 Å². The lowest BCUT2D eigenvalue weighted by Gasteiger charge is -2.40. The van der Waals surface area contributed by atoms with Crippen molar-refractivity contribution in [2.45, 2.75) is 52.6 Å². The number of amides is 1. The lowest BCUT2D eigenvalue weighted by Crippen LogP contribution is -2.62. The molecular formula is C12H24N2O3. The number of rotatable bonds is 5. The van der Waals surface area contributed by atoms with Gasteiger partial charge in [-0.15, -0.1) is 0 Å². The first-order chi connectivity index (χ1) is 7.38. The predicted octanol–water partition coefficient (Wildman–Crippen LogP) is 0.990. The van der Waals surface area contributed by atoms with Crippen LogP contribution < -0.4 is 10.6 Å². The summed E-state index contributed by atoms with van der Waals surface area (Å²) in [6, 6.07) is 0. The fourth-order valence-electron chi connectivity index (χ4n) is 0.977. The van der Waals surface area contributed by atoms with Gasteiger partial charge in [-0.3, -0.25) is 9.59 Å². The normalized spacial score (nSPS) is 13.4. The van der Waals surface area contributed by atoms with E-state index in [0.717, 1.165) is 0 Å². The number of likely N-dealkylation sites (N-methyl/N-ethyl adjacent to an activating group) is 1. The standard InChI is InChI=1S/C12H24N2O3/c1-10(2,9(16)17)12(5,6)14-8(15)11(3,4)13-7/h13H,1-7H3,(H,14,15)(H,16,17). The highest BCUT2D eigenvalue weighted by atomic mass is 16.4. The fraction of sp³-hybridized carbons (Fsp3) is 0.833. The number of aliphatic carboxylic acids is 1. The molecule has 0 saturated heterocycles. The van der Waals surface area contributed by atoms with Crippen LogP contribution in [-0.2, 0) is 9.59 Å². The first kappa shape index (κ1) is 15.9. The third kappa shape index (κ3) is 3.19. The maximum atomic E-state index is 12.0. The van der Waals surface area contributed by atoms with Crippen LogP contribution in [0.4, 0.5) is 0 Å². The summed E-state index contributed by atoms with van der Waals surface area (Å²) in [5.74, 6) is -1.16. The van der Waals surface area contributed by atoms with Crippen LogP contribution in [0.1, 0.15) is 41.5 Å². The van der Waals surface area contributed by atoms with Crippen molar-refractivity contribution in [3.63, 3.8) is 0 Å². The lowest BCUT2D eigenvalue weighted by molar-refractivity contribution is -0.152. The summed E-state index contributed by atoms with van der Waals surface area (Å²) in [7, 11) is 1.69. The van der Waals surface area contributed by atoms with Crippen molar-refractivity contribution >= 4 is 11.9 Å². The van der Waals surface area contributed by atoms with E-state index in [1.165, 1.54) is 0 Å². The van der Waals surface area contributed by atoms with E-state index in [1.807, 2.05) is 0 Å². The zero-order valence-corrected chi connectivity index (χ0v) is 11.8. The molecule has 17 heavy (non-hydrogen) atoms. The number of hydrogen-bond donors (Lipinski definition) is 3. The first-order valence-corrected chi connectivity index (χ1v) is 5.63. The molecule has 1 amide bonds. The van der Waals surface area contributed by atoms with Gasteiger partial charge in [0, 0.05) is 0 Å². The Kier molecular flexibility index (Phi) is 4.34. The molecular weight excluding hydrogens is 220 g/mol. The van der Waals surface area contributed by atoms with Gasteiger partial charge < -0.3 is 15.7 Å². The summed E-state index contributed by atoms with van der Waals surface area (Å²) in [6.07, 6.45) is 0. The van der Waals surface area contributed by atoms with E-state index in [-0.39, 0.29) is 5.91 Å². The predicted molar refractivity (Wildman–Crippen MR) is 66.8 cm³/mol.